The summed E-state index contributed by atoms with van der Waals surface area (Å²) in [7, 11) is -3.44. The second-order valence-corrected chi connectivity index (χ2v) is 9.88. The number of nitrogens with zero attached hydrogens (tertiary/aromatic N) is 2. The van der Waals surface area contributed by atoms with E-state index in [1.807, 2.05) is 25.3 Å². The zero-order chi connectivity index (χ0) is 15.9. The third-order valence-corrected chi connectivity index (χ3v) is 8.23. The number of aromatic nitrogens is 1. The van der Waals surface area contributed by atoms with Crippen LogP contribution in [0.25, 0.3) is 10.6 Å². The largest absolute Gasteiger partial charge is 0.328 e. The van der Waals surface area contributed by atoms with Crippen molar-refractivity contribution in [3.8, 4) is 10.6 Å². The molecule has 5 nitrogen and oxygen atoms in total. The standard InChI is InChI=1S/C14H19N3O2S3/c1-9-7-11(15)5-6-17(9)22(18,19)14-4-3-13(21-14)12-8-20-10(2)16-12/h3-4,8-9,11H,5-7,15H2,1-2H3/t9-,11-/m0/s1. The summed E-state index contributed by atoms with van der Waals surface area (Å²) in [6.45, 7) is 4.36. The van der Waals surface area contributed by atoms with Crippen LogP contribution in [0.2, 0.25) is 0 Å². The van der Waals surface area contributed by atoms with E-state index in [2.05, 4.69) is 4.98 Å². The van der Waals surface area contributed by atoms with Gasteiger partial charge in [-0.2, -0.15) is 4.31 Å². The molecule has 2 aromatic heterocycles. The topological polar surface area (TPSA) is 76.3 Å². The van der Waals surface area contributed by atoms with Gasteiger partial charge in [0.2, 0.25) is 0 Å². The number of hydrogen-bond donors (Lipinski definition) is 1. The number of nitrogens with two attached hydrogens (primary N) is 1. The molecule has 1 saturated heterocycles. The van der Waals surface area contributed by atoms with Crippen LogP contribution >= 0.6 is 22.7 Å². The molecule has 0 amide bonds. The highest BCUT2D eigenvalue weighted by Gasteiger charge is 2.34. The SMILES string of the molecule is Cc1nc(-c2ccc(S(=O)(=O)N3CC[C@H](N)C[C@@H]3C)s2)cs1. The van der Waals surface area contributed by atoms with Gasteiger partial charge >= 0.3 is 0 Å². The van der Waals surface area contributed by atoms with Crippen molar-refractivity contribution >= 4 is 32.7 Å². The smallest absolute Gasteiger partial charge is 0.252 e. The van der Waals surface area contributed by atoms with Crippen molar-refractivity contribution in [2.45, 2.75) is 43.0 Å². The lowest BCUT2D eigenvalue weighted by Crippen LogP contribution is -2.48. The van der Waals surface area contributed by atoms with E-state index in [0.29, 0.717) is 23.6 Å². The summed E-state index contributed by atoms with van der Waals surface area (Å²) >= 11 is 2.85. The van der Waals surface area contributed by atoms with E-state index in [0.717, 1.165) is 15.6 Å². The Balaban J connectivity index is 1.88. The molecule has 120 valence electrons. The average Bonchev–Trinajstić information content (AvgIpc) is 3.06. The Morgan fingerprint density at radius 2 is 2.18 bits per heavy atom. The maximum atomic E-state index is 12.8. The van der Waals surface area contributed by atoms with Gasteiger partial charge in [-0.15, -0.1) is 22.7 Å². The van der Waals surface area contributed by atoms with Gasteiger partial charge in [-0.05, 0) is 38.8 Å². The lowest BCUT2D eigenvalue weighted by molar-refractivity contribution is 0.247. The summed E-state index contributed by atoms with van der Waals surface area (Å²) in [4.78, 5) is 5.31. The second-order valence-electron chi connectivity index (χ2n) is 5.62. The predicted molar refractivity (Wildman–Crippen MR) is 90.7 cm³/mol. The van der Waals surface area contributed by atoms with E-state index in [4.69, 9.17) is 5.73 Å². The molecule has 2 N–H and O–H groups in total. The molecule has 22 heavy (non-hydrogen) atoms. The van der Waals surface area contributed by atoms with Crippen LogP contribution in [0, 0.1) is 6.92 Å². The Morgan fingerprint density at radius 1 is 1.41 bits per heavy atom. The third kappa shape index (κ3) is 2.98. The van der Waals surface area contributed by atoms with Gasteiger partial charge in [0.15, 0.2) is 0 Å². The highest BCUT2D eigenvalue weighted by Crippen LogP contribution is 2.34. The van der Waals surface area contributed by atoms with Crippen LogP contribution in [-0.4, -0.2) is 36.3 Å². The summed E-state index contributed by atoms with van der Waals surface area (Å²) in [5.41, 5.74) is 6.78. The molecular formula is C14H19N3O2S3. The number of sulfonamides is 1. The van der Waals surface area contributed by atoms with Crippen molar-refractivity contribution in [1.82, 2.24) is 9.29 Å². The van der Waals surface area contributed by atoms with Crippen LogP contribution in [0.5, 0.6) is 0 Å². The average molecular weight is 358 g/mol. The Labute approximate surface area is 138 Å². The fourth-order valence-electron chi connectivity index (χ4n) is 2.73. The Hall–Kier alpha value is -0.800. The van der Waals surface area contributed by atoms with Gasteiger partial charge in [0.05, 0.1) is 15.6 Å². The van der Waals surface area contributed by atoms with Crippen molar-refractivity contribution < 1.29 is 8.42 Å². The van der Waals surface area contributed by atoms with Gasteiger partial charge in [0.1, 0.15) is 4.21 Å². The molecule has 3 heterocycles. The van der Waals surface area contributed by atoms with Crippen LogP contribution in [0.1, 0.15) is 24.8 Å². The van der Waals surface area contributed by atoms with Crippen molar-refractivity contribution in [2.24, 2.45) is 5.73 Å². The molecule has 0 saturated carbocycles. The van der Waals surface area contributed by atoms with E-state index in [-0.39, 0.29) is 12.1 Å². The van der Waals surface area contributed by atoms with Crippen molar-refractivity contribution in [1.29, 1.82) is 0 Å². The molecule has 1 aliphatic rings. The number of hydrogen-bond acceptors (Lipinski definition) is 6. The first-order chi connectivity index (χ1) is 10.4. The normalized spacial score (nSPS) is 23.8. The number of aryl methyl sites for hydroxylation is 1. The van der Waals surface area contributed by atoms with Crippen molar-refractivity contribution in [3.63, 3.8) is 0 Å². The predicted octanol–water partition coefficient (Wildman–Crippen LogP) is 2.68. The molecule has 2 atom stereocenters. The van der Waals surface area contributed by atoms with Crippen LogP contribution in [-0.2, 0) is 10.0 Å². The number of thiophene rings is 1. The van der Waals surface area contributed by atoms with Gasteiger partial charge in [-0.1, -0.05) is 0 Å². The van der Waals surface area contributed by atoms with Crippen LogP contribution in [0.4, 0.5) is 0 Å². The first-order valence-electron chi connectivity index (χ1n) is 7.17. The fourth-order valence-corrected chi connectivity index (χ4v) is 6.47. The molecule has 0 bridgehead atoms. The van der Waals surface area contributed by atoms with Crippen molar-refractivity contribution in [3.05, 3.63) is 22.5 Å². The van der Waals surface area contributed by atoms with Crippen LogP contribution in [0.15, 0.2) is 21.7 Å². The maximum Gasteiger partial charge on any atom is 0.252 e. The molecule has 0 aliphatic carbocycles. The molecule has 0 spiro atoms. The van der Waals surface area contributed by atoms with Gasteiger partial charge < -0.3 is 5.73 Å². The van der Waals surface area contributed by atoms with E-state index in [9.17, 15) is 8.42 Å². The molecule has 2 aromatic rings. The minimum atomic E-state index is -3.44. The third-order valence-electron chi connectivity index (χ3n) is 3.87. The zero-order valence-corrected chi connectivity index (χ0v) is 15.0. The fraction of sp³-hybridized carbons (Fsp3) is 0.500. The van der Waals surface area contributed by atoms with E-state index in [1.54, 1.807) is 21.7 Å². The van der Waals surface area contributed by atoms with E-state index < -0.39 is 10.0 Å². The minimum absolute atomic E-state index is 0.0548. The monoisotopic (exact) mass is 357 g/mol. The van der Waals surface area contributed by atoms with E-state index in [1.165, 1.54) is 11.3 Å². The maximum absolute atomic E-state index is 12.8. The summed E-state index contributed by atoms with van der Waals surface area (Å²) in [5, 5.41) is 2.94. The lowest BCUT2D eigenvalue weighted by Gasteiger charge is -2.34. The first-order valence-corrected chi connectivity index (χ1v) is 10.3. The molecule has 1 fully saturated rings. The molecule has 3 rings (SSSR count). The highest BCUT2D eigenvalue weighted by molar-refractivity contribution is 7.91. The second kappa shape index (κ2) is 6.01. The van der Waals surface area contributed by atoms with Crippen molar-refractivity contribution in [2.75, 3.05) is 6.54 Å². The minimum Gasteiger partial charge on any atom is -0.328 e. The quantitative estimate of drug-likeness (QED) is 0.916. The first kappa shape index (κ1) is 16.1. The molecule has 0 unspecified atom stereocenters. The molecule has 8 heteroatoms. The zero-order valence-electron chi connectivity index (χ0n) is 12.5. The molecule has 0 aromatic carbocycles. The van der Waals surface area contributed by atoms with E-state index >= 15 is 0 Å². The summed E-state index contributed by atoms with van der Waals surface area (Å²) in [6.07, 6.45) is 1.43. The van der Waals surface area contributed by atoms with Crippen LogP contribution in [0.3, 0.4) is 0 Å². The highest BCUT2D eigenvalue weighted by atomic mass is 32.2. The van der Waals surface area contributed by atoms with Gasteiger partial charge in [0.25, 0.3) is 10.0 Å². The summed E-state index contributed by atoms with van der Waals surface area (Å²) < 4.78 is 27.6. The number of piperidine rings is 1. The Bertz CT molecular complexity index is 766. The molecular weight excluding hydrogens is 338 g/mol. The summed E-state index contributed by atoms with van der Waals surface area (Å²) in [6, 6.07) is 3.57. The summed E-state index contributed by atoms with van der Waals surface area (Å²) in [5.74, 6) is 0. The Kier molecular flexibility index (Phi) is 4.39. The van der Waals surface area contributed by atoms with Gasteiger partial charge in [0, 0.05) is 24.0 Å². The van der Waals surface area contributed by atoms with Crippen LogP contribution < -0.4 is 5.73 Å². The number of thiazole rings is 1. The molecule has 1 aliphatic heterocycles. The molecule has 0 radical (unpaired) electrons. The lowest BCUT2D eigenvalue weighted by atomic mass is 10.0. The van der Waals surface area contributed by atoms with Gasteiger partial charge in [-0.25, -0.2) is 13.4 Å². The Morgan fingerprint density at radius 3 is 2.82 bits per heavy atom. The van der Waals surface area contributed by atoms with Gasteiger partial charge in [-0.3, -0.25) is 0 Å². The number of rotatable bonds is 3.